The van der Waals surface area contributed by atoms with E-state index >= 15 is 0 Å². The average molecular weight is 331 g/mol. The molecule has 1 aliphatic carbocycles. The summed E-state index contributed by atoms with van der Waals surface area (Å²) in [6.45, 7) is 2.73. The quantitative estimate of drug-likeness (QED) is 0.837. The van der Waals surface area contributed by atoms with Crippen molar-refractivity contribution >= 4 is 33.4 Å². The van der Waals surface area contributed by atoms with Crippen LogP contribution in [0.5, 0.6) is 0 Å². The molecule has 2 atom stereocenters. The number of hydrogen-bond donors (Lipinski definition) is 1. The van der Waals surface area contributed by atoms with E-state index in [1.165, 1.54) is 0 Å². The topological polar surface area (TPSA) is 29.1 Å². The van der Waals surface area contributed by atoms with Gasteiger partial charge >= 0.3 is 0 Å². The standard InChI is InChI=1S/C14H17BrClNO/c1-9-2-5-12(13(15)6-9)14(18)17-8-10-3-4-11(16)7-10/h2,5-6,10-11H,3-4,7-8H2,1H3,(H,17,18). The van der Waals surface area contributed by atoms with Gasteiger partial charge in [-0.3, -0.25) is 4.79 Å². The van der Waals surface area contributed by atoms with Gasteiger partial charge in [0.1, 0.15) is 0 Å². The lowest BCUT2D eigenvalue weighted by atomic mass is 10.1. The summed E-state index contributed by atoms with van der Waals surface area (Å²) in [5.74, 6) is 0.514. The molecular formula is C14H17BrClNO. The zero-order valence-corrected chi connectivity index (χ0v) is 12.7. The van der Waals surface area contributed by atoms with Crippen molar-refractivity contribution in [2.24, 2.45) is 5.92 Å². The normalized spacial score (nSPS) is 23.1. The molecule has 2 nitrogen and oxygen atoms in total. The minimum absolute atomic E-state index is 0.0140. The van der Waals surface area contributed by atoms with Gasteiger partial charge < -0.3 is 5.32 Å². The summed E-state index contributed by atoms with van der Waals surface area (Å²) in [4.78, 5) is 12.0. The van der Waals surface area contributed by atoms with Crippen LogP contribution in [-0.4, -0.2) is 17.8 Å². The highest BCUT2D eigenvalue weighted by molar-refractivity contribution is 9.10. The molecule has 1 N–H and O–H groups in total. The number of halogens is 2. The lowest BCUT2D eigenvalue weighted by molar-refractivity contribution is 0.0946. The van der Waals surface area contributed by atoms with E-state index in [2.05, 4.69) is 21.2 Å². The van der Waals surface area contributed by atoms with Gasteiger partial charge in [0.15, 0.2) is 0 Å². The number of hydrogen-bond acceptors (Lipinski definition) is 1. The Bertz CT molecular complexity index is 449. The lowest BCUT2D eigenvalue weighted by Gasteiger charge is -2.12. The Kier molecular flexibility index (Phi) is 4.68. The first-order chi connectivity index (χ1) is 8.56. The van der Waals surface area contributed by atoms with Crippen molar-refractivity contribution in [2.75, 3.05) is 6.54 Å². The molecule has 0 saturated heterocycles. The maximum atomic E-state index is 12.0. The molecule has 0 spiro atoms. The van der Waals surface area contributed by atoms with Crippen LogP contribution in [0.1, 0.15) is 35.2 Å². The van der Waals surface area contributed by atoms with Crippen molar-refractivity contribution in [3.8, 4) is 0 Å². The van der Waals surface area contributed by atoms with Gasteiger partial charge in [0.2, 0.25) is 0 Å². The van der Waals surface area contributed by atoms with Crippen LogP contribution in [0.15, 0.2) is 22.7 Å². The second-order valence-electron chi connectivity index (χ2n) is 4.97. The average Bonchev–Trinajstić information content (AvgIpc) is 2.72. The Balaban J connectivity index is 1.91. The van der Waals surface area contributed by atoms with Crippen molar-refractivity contribution in [2.45, 2.75) is 31.6 Å². The first-order valence-corrected chi connectivity index (χ1v) is 7.47. The molecule has 18 heavy (non-hydrogen) atoms. The van der Waals surface area contributed by atoms with E-state index in [9.17, 15) is 4.79 Å². The lowest BCUT2D eigenvalue weighted by Crippen LogP contribution is -2.28. The van der Waals surface area contributed by atoms with Gasteiger partial charge in [-0.25, -0.2) is 0 Å². The highest BCUT2D eigenvalue weighted by Gasteiger charge is 2.23. The summed E-state index contributed by atoms with van der Waals surface area (Å²) >= 11 is 9.49. The number of carbonyl (C=O) groups is 1. The number of alkyl halides is 1. The third-order valence-corrected chi connectivity index (χ3v) is 4.45. The summed E-state index contributed by atoms with van der Waals surface area (Å²) in [6, 6.07) is 5.76. The van der Waals surface area contributed by atoms with E-state index in [1.54, 1.807) is 0 Å². The molecule has 2 rings (SSSR count). The van der Waals surface area contributed by atoms with Crippen LogP contribution in [0.25, 0.3) is 0 Å². The Hall–Kier alpha value is -0.540. The largest absolute Gasteiger partial charge is 0.352 e. The second-order valence-corrected chi connectivity index (χ2v) is 6.44. The Morgan fingerprint density at radius 3 is 2.89 bits per heavy atom. The summed E-state index contributed by atoms with van der Waals surface area (Å²) in [6.07, 6.45) is 3.19. The van der Waals surface area contributed by atoms with Crippen LogP contribution >= 0.6 is 27.5 Å². The number of amides is 1. The minimum atomic E-state index is -0.0140. The van der Waals surface area contributed by atoms with Crippen LogP contribution in [0, 0.1) is 12.8 Å². The van der Waals surface area contributed by atoms with Gasteiger partial charge in [-0.15, -0.1) is 11.6 Å². The highest BCUT2D eigenvalue weighted by atomic mass is 79.9. The molecule has 1 aromatic carbocycles. The fourth-order valence-corrected chi connectivity index (χ4v) is 3.39. The molecule has 1 aliphatic rings. The fourth-order valence-electron chi connectivity index (χ4n) is 2.34. The molecule has 1 amide bonds. The molecule has 0 radical (unpaired) electrons. The van der Waals surface area contributed by atoms with Crippen LogP contribution in [0.3, 0.4) is 0 Å². The molecule has 0 bridgehead atoms. The zero-order valence-electron chi connectivity index (χ0n) is 10.4. The third-order valence-electron chi connectivity index (χ3n) is 3.40. The smallest absolute Gasteiger partial charge is 0.252 e. The van der Waals surface area contributed by atoms with Crippen molar-refractivity contribution in [1.82, 2.24) is 5.32 Å². The first-order valence-electron chi connectivity index (χ1n) is 6.24. The number of carbonyl (C=O) groups excluding carboxylic acids is 1. The molecule has 1 aromatic rings. The van der Waals surface area contributed by atoms with E-state index in [4.69, 9.17) is 11.6 Å². The number of nitrogens with one attached hydrogen (secondary N) is 1. The van der Waals surface area contributed by atoms with Gasteiger partial charge in [-0.2, -0.15) is 0 Å². The van der Waals surface area contributed by atoms with Crippen molar-refractivity contribution in [3.05, 3.63) is 33.8 Å². The van der Waals surface area contributed by atoms with Crippen LogP contribution in [0.2, 0.25) is 0 Å². The maximum Gasteiger partial charge on any atom is 0.252 e. The highest BCUT2D eigenvalue weighted by Crippen LogP contribution is 2.28. The van der Waals surface area contributed by atoms with Gasteiger partial charge in [0.05, 0.1) is 5.56 Å². The van der Waals surface area contributed by atoms with Crippen molar-refractivity contribution in [3.63, 3.8) is 0 Å². The number of benzene rings is 1. The SMILES string of the molecule is Cc1ccc(C(=O)NCC2CCC(Cl)C2)c(Br)c1. The van der Waals surface area contributed by atoms with Crippen LogP contribution < -0.4 is 5.32 Å². The maximum absolute atomic E-state index is 12.0. The summed E-state index contributed by atoms with van der Waals surface area (Å²) in [5.41, 5.74) is 1.83. The first kappa shape index (κ1) is 13.9. The molecule has 0 aromatic heterocycles. The second kappa shape index (κ2) is 6.07. The Labute approximate surface area is 121 Å². The summed E-state index contributed by atoms with van der Waals surface area (Å²) in [7, 11) is 0. The van der Waals surface area contributed by atoms with Crippen LogP contribution in [0.4, 0.5) is 0 Å². The Morgan fingerprint density at radius 1 is 1.50 bits per heavy atom. The summed E-state index contributed by atoms with van der Waals surface area (Å²) < 4.78 is 0.849. The van der Waals surface area contributed by atoms with Gasteiger partial charge in [0, 0.05) is 16.4 Å². The molecule has 1 saturated carbocycles. The number of aryl methyl sites for hydroxylation is 1. The van der Waals surface area contributed by atoms with Gasteiger partial charge in [0.25, 0.3) is 5.91 Å². The molecule has 0 aliphatic heterocycles. The van der Waals surface area contributed by atoms with E-state index in [0.29, 0.717) is 11.5 Å². The van der Waals surface area contributed by atoms with Crippen LogP contribution in [-0.2, 0) is 0 Å². The van der Waals surface area contributed by atoms with Crippen molar-refractivity contribution < 1.29 is 4.79 Å². The molecule has 0 heterocycles. The fraction of sp³-hybridized carbons (Fsp3) is 0.500. The minimum Gasteiger partial charge on any atom is -0.352 e. The van der Waals surface area contributed by atoms with Gasteiger partial charge in [-0.1, -0.05) is 6.07 Å². The van der Waals surface area contributed by atoms with E-state index in [1.807, 2.05) is 25.1 Å². The van der Waals surface area contributed by atoms with Gasteiger partial charge in [-0.05, 0) is 65.7 Å². The molecule has 4 heteroatoms. The molecular weight excluding hydrogens is 314 g/mol. The zero-order chi connectivity index (χ0) is 13.1. The number of rotatable bonds is 3. The Morgan fingerprint density at radius 2 is 2.28 bits per heavy atom. The third kappa shape index (κ3) is 3.48. The predicted molar refractivity (Wildman–Crippen MR) is 78.2 cm³/mol. The summed E-state index contributed by atoms with van der Waals surface area (Å²) in [5, 5.41) is 3.28. The molecule has 1 fully saturated rings. The molecule has 98 valence electrons. The predicted octanol–water partition coefficient (Wildman–Crippen LogP) is 3.89. The molecule has 2 unspecified atom stereocenters. The van der Waals surface area contributed by atoms with E-state index in [0.717, 1.165) is 35.8 Å². The monoisotopic (exact) mass is 329 g/mol. The van der Waals surface area contributed by atoms with Crippen molar-refractivity contribution in [1.29, 1.82) is 0 Å². The van der Waals surface area contributed by atoms with E-state index in [-0.39, 0.29) is 11.3 Å². The van der Waals surface area contributed by atoms with E-state index < -0.39 is 0 Å².